The monoisotopic (exact) mass is 591 g/mol. The number of benzene rings is 4. The minimum atomic E-state index is -0.0850. The SMILES string of the molecule is CN1C(=CC=Nc2ccc(-n3nc4ccc(N=C/C=C5/N(C)c6ccccc6C5(C)C)cc4n3)cc2)C(C)(C)c2ccccc21. The minimum absolute atomic E-state index is 0.0758. The summed E-state index contributed by atoms with van der Waals surface area (Å²) in [6.45, 7) is 9.02. The molecule has 3 heterocycles. The van der Waals surface area contributed by atoms with Crippen molar-refractivity contribution in [1.82, 2.24) is 15.0 Å². The normalized spacial score (nSPS) is 18.6. The summed E-state index contributed by atoms with van der Waals surface area (Å²) in [4.78, 5) is 15.6. The number of hydrogen-bond donors (Lipinski definition) is 0. The maximum Gasteiger partial charge on any atom is 0.115 e. The van der Waals surface area contributed by atoms with E-state index in [0.29, 0.717) is 0 Å². The van der Waals surface area contributed by atoms with Gasteiger partial charge in [-0.3, -0.25) is 9.98 Å². The molecule has 7 heteroatoms. The summed E-state index contributed by atoms with van der Waals surface area (Å²) in [7, 11) is 4.23. The summed E-state index contributed by atoms with van der Waals surface area (Å²) >= 11 is 0. The number of aliphatic imine (C=N–C) groups is 2. The van der Waals surface area contributed by atoms with Crippen molar-refractivity contribution < 1.29 is 0 Å². The van der Waals surface area contributed by atoms with Gasteiger partial charge in [-0.05, 0) is 77.9 Å². The van der Waals surface area contributed by atoms with E-state index in [4.69, 9.17) is 15.1 Å². The zero-order chi connectivity index (χ0) is 31.3. The van der Waals surface area contributed by atoms with Crippen LogP contribution < -0.4 is 9.80 Å². The van der Waals surface area contributed by atoms with E-state index in [1.165, 1.54) is 33.9 Å². The number of para-hydroxylation sites is 2. The maximum absolute atomic E-state index is 4.73. The second-order valence-corrected chi connectivity index (χ2v) is 12.7. The Kier molecular flexibility index (Phi) is 6.77. The molecule has 45 heavy (non-hydrogen) atoms. The molecule has 5 aromatic rings. The summed E-state index contributed by atoms with van der Waals surface area (Å²) in [5.74, 6) is 0. The summed E-state index contributed by atoms with van der Waals surface area (Å²) in [6.07, 6.45) is 7.98. The number of hydrogen-bond acceptors (Lipinski definition) is 6. The Bertz CT molecular complexity index is 2040. The van der Waals surface area contributed by atoms with Crippen LogP contribution in [0.25, 0.3) is 16.7 Å². The van der Waals surface area contributed by atoms with Crippen LogP contribution in [-0.4, -0.2) is 41.5 Å². The molecule has 2 aliphatic heterocycles. The lowest BCUT2D eigenvalue weighted by molar-refractivity contribution is 0.641. The van der Waals surface area contributed by atoms with Crippen LogP contribution in [0.2, 0.25) is 0 Å². The standard InChI is InChI=1S/C38H37N7/c1-37(2)29-11-7-9-13-33(29)43(5)35(37)21-23-39-26-15-18-28(19-16-26)45-41-31-20-17-27(25-32(31)42-45)40-24-22-36-38(3,4)30-12-8-10-14-34(30)44(36)6/h7-25H,1-6H3/b35-21?,36-22+,39-23?,40-24?. The molecule has 224 valence electrons. The second kappa shape index (κ2) is 10.7. The quantitative estimate of drug-likeness (QED) is 0.192. The van der Waals surface area contributed by atoms with E-state index < -0.39 is 0 Å². The first-order valence-corrected chi connectivity index (χ1v) is 15.3. The van der Waals surface area contributed by atoms with Crippen molar-refractivity contribution in [3.8, 4) is 5.69 Å². The Labute approximate surface area is 264 Å². The molecule has 0 saturated heterocycles. The summed E-state index contributed by atoms with van der Waals surface area (Å²) < 4.78 is 0. The number of anilines is 2. The molecule has 0 amide bonds. The average Bonchev–Trinajstić information content (AvgIpc) is 3.61. The highest BCUT2D eigenvalue weighted by molar-refractivity contribution is 5.84. The smallest absolute Gasteiger partial charge is 0.115 e. The van der Waals surface area contributed by atoms with Crippen molar-refractivity contribution in [2.45, 2.75) is 38.5 Å². The molecular weight excluding hydrogens is 554 g/mol. The first-order valence-electron chi connectivity index (χ1n) is 15.3. The van der Waals surface area contributed by atoms with Crippen LogP contribution in [0.15, 0.2) is 125 Å². The number of aromatic nitrogens is 3. The highest BCUT2D eigenvalue weighted by atomic mass is 15.5. The predicted molar refractivity (Wildman–Crippen MR) is 187 cm³/mol. The molecule has 1 aromatic heterocycles. The lowest BCUT2D eigenvalue weighted by Crippen LogP contribution is -2.23. The van der Waals surface area contributed by atoms with Crippen molar-refractivity contribution in [2.24, 2.45) is 9.98 Å². The highest BCUT2D eigenvalue weighted by Crippen LogP contribution is 2.47. The largest absolute Gasteiger partial charge is 0.347 e. The van der Waals surface area contributed by atoms with Gasteiger partial charge in [-0.15, -0.1) is 10.2 Å². The number of fused-ring (bicyclic) bond motifs is 3. The van der Waals surface area contributed by atoms with Crippen LogP contribution in [-0.2, 0) is 10.8 Å². The van der Waals surface area contributed by atoms with Crippen LogP contribution in [0.3, 0.4) is 0 Å². The highest BCUT2D eigenvalue weighted by Gasteiger charge is 2.38. The average molecular weight is 592 g/mol. The zero-order valence-electron chi connectivity index (χ0n) is 26.6. The Morgan fingerprint density at radius 2 is 1.07 bits per heavy atom. The van der Waals surface area contributed by atoms with E-state index in [2.05, 4.69) is 117 Å². The molecule has 0 fully saturated rings. The first kappa shape index (κ1) is 28.5. The molecule has 0 bridgehead atoms. The van der Waals surface area contributed by atoms with Crippen LogP contribution in [0.5, 0.6) is 0 Å². The molecule has 2 aliphatic rings. The van der Waals surface area contributed by atoms with E-state index in [-0.39, 0.29) is 10.8 Å². The van der Waals surface area contributed by atoms with Crippen molar-refractivity contribution >= 4 is 46.2 Å². The van der Waals surface area contributed by atoms with Crippen molar-refractivity contribution in [3.05, 3.63) is 126 Å². The fourth-order valence-electron chi connectivity index (χ4n) is 6.76. The molecule has 0 saturated carbocycles. The van der Waals surface area contributed by atoms with E-state index in [0.717, 1.165) is 28.1 Å². The van der Waals surface area contributed by atoms with Gasteiger partial charge >= 0.3 is 0 Å². The maximum atomic E-state index is 4.73. The molecule has 0 unspecified atom stereocenters. The second-order valence-electron chi connectivity index (χ2n) is 12.7. The molecule has 4 aromatic carbocycles. The lowest BCUT2D eigenvalue weighted by Gasteiger charge is -2.23. The van der Waals surface area contributed by atoms with Crippen LogP contribution in [0.1, 0.15) is 38.8 Å². The molecular formula is C38H37N7. The lowest BCUT2D eigenvalue weighted by atomic mass is 9.84. The molecule has 7 rings (SSSR count). The van der Waals surface area contributed by atoms with Gasteiger partial charge in [0.2, 0.25) is 0 Å². The first-order chi connectivity index (χ1) is 21.6. The molecule has 7 nitrogen and oxygen atoms in total. The third-order valence-electron chi connectivity index (χ3n) is 9.24. The Morgan fingerprint density at radius 1 is 0.578 bits per heavy atom. The molecule has 0 spiro atoms. The van der Waals surface area contributed by atoms with Crippen LogP contribution >= 0.6 is 0 Å². The number of likely N-dealkylation sites (N-methyl/N-ethyl adjacent to an activating group) is 2. The zero-order valence-corrected chi connectivity index (χ0v) is 26.6. The van der Waals surface area contributed by atoms with Crippen molar-refractivity contribution in [1.29, 1.82) is 0 Å². The molecule has 0 aliphatic carbocycles. The van der Waals surface area contributed by atoms with Crippen LogP contribution in [0.4, 0.5) is 22.7 Å². The Balaban J connectivity index is 1.06. The Morgan fingerprint density at radius 3 is 1.62 bits per heavy atom. The van der Waals surface area contributed by atoms with Gasteiger partial charge in [-0.1, -0.05) is 64.1 Å². The van der Waals surface area contributed by atoms with Gasteiger partial charge < -0.3 is 9.80 Å². The predicted octanol–water partition coefficient (Wildman–Crippen LogP) is 8.45. The van der Waals surface area contributed by atoms with E-state index in [1.807, 2.05) is 54.9 Å². The summed E-state index contributed by atoms with van der Waals surface area (Å²) in [6, 6.07) is 31.0. The van der Waals surface area contributed by atoms with Gasteiger partial charge in [0.15, 0.2) is 0 Å². The number of nitrogens with zero attached hydrogens (tertiary/aromatic N) is 7. The third kappa shape index (κ3) is 4.85. The van der Waals surface area contributed by atoms with Crippen LogP contribution in [0, 0.1) is 0 Å². The van der Waals surface area contributed by atoms with E-state index in [1.54, 1.807) is 4.80 Å². The molecule has 0 atom stereocenters. The topological polar surface area (TPSA) is 61.9 Å². The Hall–Kier alpha value is -5.30. The molecule has 0 N–H and O–H groups in total. The number of rotatable bonds is 5. The van der Waals surface area contributed by atoms with Gasteiger partial charge in [0.25, 0.3) is 0 Å². The van der Waals surface area contributed by atoms with E-state index in [9.17, 15) is 0 Å². The fourth-order valence-corrected chi connectivity index (χ4v) is 6.76. The van der Waals surface area contributed by atoms with Gasteiger partial charge in [-0.25, -0.2) is 0 Å². The van der Waals surface area contributed by atoms with E-state index >= 15 is 0 Å². The number of allylic oxidation sites excluding steroid dienone is 4. The van der Waals surface area contributed by atoms with Gasteiger partial charge in [0.1, 0.15) is 11.0 Å². The minimum Gasteiger partial charge on any atom is -0.347 e. The van der Waals surface area contributed by atoms with Crippen molar-refractivity contribution in [2.75, 3.05) is 23.9 Å². The summed E-state index contributed by atoms with van der Waals surface area (Å²) in [5.41, 5.74) is 11.6. The molecule has 0 radical (unpaired) electrons. The summed E-state index contributed by atoms with van der Waals surface area (Å²) in [5, 5.41) is 9.42. The third-order valence-corrected chi connectivity index (χ3v) is 9.24. The van der Waals surface area contributed by atoms with Crippen molar-refractivity contribution in [3.63, 3.8) is 0 Å². The van der Waals surface area contributed by atoms with Gasteiger partial charge in [0, 0.05) is 60.1 Å². The fraction of sp³-hybridized carbons (Fsp3) is 0.211. The van der Waals surface area contributed by atoms with Gasteiger partial charge in [-0.2, -0.15) is 4.80 Å². The van der Waals surface area contributed by atoms with Gasteiger partial charge in [0.05, 0.1) is 17.1 Å².